The summed E-state index contributed by atoms with van der Waals surface area (Å²) in [6.07, 6.45) is 5.36. The van der Waals surface area contributed by atoms with Crippen molar-refractivity contribution in [2.75, 3.05) is 0 Å². The number of pyridine rings is 1. The summed E-state index contributed by atoms with van der Waals surface area (Å²) in [5.41, 5.74) is 4.42. The molecule has 120 valence electrons. The lowest BCUT2D eigenvalue weighted by Gasteiger charge is -2.09. The van der Waals surface area contributed by atoms with Crippen molar-refractivity contribution < 1.29 is 0 Å². The maximum absolute atomic E-state index is 9.43. The van der Waals surface area contributed by atoms with Crippen LogP contribution in [0.25, 0.3) is 0 Å². The number of hydrogen-bond acceptors (Lipinski definition) is 3. The third kappa shape index (κ3) is 3.07. The molecule has 0 N–H and O–H groups in total. The van der Waals surface area contributed by atoms with Crippen molar-refractivity contribution in [2.45, 2.75) is 18.3 Å². The first-order valence-corrected chi connectivity index (χ1v) is 8.37. The minimum Gasteiger partial charge on any atom is -0.262 e. The van der Waals surface area contributed by atoms with E-state index in [0.717, 1.165) is 40.9 Å². The Morgan fingerprint density at radius 1 is 0.920 bits per heavy atom. The van der Waals surface area contributed by atoms with Gasteiger partial charge in [0.05, 0.1) is 29.1 Å². The first-order chi connectivity index (χ1) is 12.3. The molecular formula is C22H17N3. The molecule has 0 bridgehead atoms. The molecule has 1 heterocycles. The molecule has 0 aliphatic heterocycles. The average molecular weight is 323 g/mol. The predicted octanol–water partition coefficient (Wildman–Crippen LogP) is 4.81. The van der Waals surface area contributed by atoms with Crippen molar-refractivity contribution in [1.29, 1.82) is 5.26 Å². The second-order valence-corrected chi connectivity index (χ2v) is 6.32. The van der Waals surface area contributed by atoms with E-state index in [4.69, 9.17) is 4.99 Å². The van der Waals surface area contributed by atoms with Crippen LogP contribution in [0.5, 0.6) is 0 Å². The quantitative estimate of drug-likeness (QED) is 0.647. The van der Waals surface area contributed by atoms with Crippen LogP contribution < -0.4 is 0 Å². The van der Waals surface area contributed by atoms with E-state index < -0.39 is 0 Å². The van der Waals surface area contributed by atoms with Crippen molar-refractivity contribution in [1.82, 2.24) is 4.98 Å². The molecule has 0 unspecified atom stereocenters. The summed E-state index contributed by atoms with van der Waals surface area (Å²) in [5.74, 6) is 0. The van der Waals surface area contributed by atoms with Gasteiger partial charge >= 0.3 is 0 Å². The molecule has 25 heavy (non-hydrogen) atoms. The van der Waals surface area contributed by atoms with E-state index in [2.05, 4.69) is 35.3 Å². The lowest BCUT2D eigenvalue weighted by atomic mass is 9.99. The molecule has 0 radical (unpaired) electrons. The molecule has 0 atom stereocenters. The van der Waals surface area contributed by atoms with Gasteiger partial charge in [-0.3, -0.25) is 4.98 Å². The van der Waals surface area contributed by atoms with Gasteiger partial charge in [0.2, 0.25) is 0 Å². The fourth-order valence-corrected chi connectivity index (χ4v) is 2.96. The van der Waals surface area contributed by atoms with Gasteiger partial charge in [0.1, 0.15) is 0 Å². The zero-order chi connectivity index (χ0) is 17.1. The normalized spacial score (nSPS) is 14.4. The van der Waals surface area contributed by atoms with E-state index in [1.54, 1.807) is 12.4 Å². The fourth-order valence-electron chi connectivity index (χ4n) is 2.96. The Morgan fingerprint density at radius 3 is 2.04 bits per heavy atom. The van der Waals surface area contributed by atoms with E-state index in [-0.39, 0.29) is 5.41 Å². The molecule has 0 amide bonds. The highest BCUT2D eigenvalue weighted by atomic mass is 14.8. The first kappa shape index (κ1) is 15.3. The van der Waals surface area contributed by atoms with E-state index >= 15 is 0 Å². The van der Waals surface area contributed by atoms with Crippen LogP contribution in [0.15, 0.2) is 84.1 Å². The second-order valence-electron chi connectivity index (χ2n) is 6.32. The molecule has 0 saturated heterocycles. The molecule has 3 heteroatoms. The van der Waals surface area contributed by atoms with Gasteiger partial charge in [0.25, 0.3) is 0 Å². The first-order valence-electron chi connectivity index (χ1n) is 8.37. The van der Waals surface area contributed by atoms with Crippen LogP contribution in [0, 0.1) is 11.3 Å². The zero-order valence-corrected chi connectivity index (χ0v) is 13.8. The van der Waals surface area contributed by atoms with Crippen molar-refractivity contribution in [3.63, 3.8) is 0 Å². The lowest BCUT2D eigenvalue weighted by Crippen LogP contribution is -2.04. The van der Waals surface area contributed by atoms with Crippen LogP contribution in [0.2, 0.25) is 0 Å². The Kier molecular flexibility index (Phi) is 3.87. The molecule has 0 spiro atoms. The summed E-state index contributed by atoms with van der Waals surface area (Å²) in [5, 5.41) is 9.43. The monoisotopic (exact) mass is 323 g/mol. The van der Waals surface area contributed by atoms with Crippen LogP contribution in [0.3, 0.4) is 0 Å². The standard InChI is InChI=1S/C22H17N3/c23-16-22(11-12-22)19-13-20(15-24-14-19)25-21(17-7-3-1-4-8-17)18-9-5-2-6-10-18/h1-10,13-15H,11-12H2. The highest BCUT2D eigenvalue weighted by molar-refractivity contribution is 6.13. The summed E-state index contributed by atoms with van der Waals surface area (Å²) in [6, 6.07) is 24.7. The van der Waals surface area contributed by atoms with Crippen LogP contribution in [0.1, 0.15) is 29.5 Å². The Balaban J connectivity index is 1.81. The van der Waals surface area contributed by atoms with Crippen molar-refractivity contribution in [3.05, 3.63) is 95.8 Å². The number of aliphatic imine (C=N–C) groups is 1. The third-order valence-corrected chi connectivity index (χ3v) is 4.58. The van der Waals surface area contributed by atoms with Gasteiger partial charge in [-0.1, -0.05) is 60.7 Å². The Labute approximate surface area is 147 Å². The Hall–Kier alpha value is -3.25. The number of hydrogen-bond donors (Lipinski definition) is 0. The molecule has 1 aliphatic carbocycles. The van der Waals surface area contributed by atoms with Crippen LogP contribution in [0.4, 0.5) is 5.69 Å². The van der Waals surface area contributed by atoms with Crippen molar-refractivity contribution >= 4 is 11.4 Å². The van der Waals surface area contributed by atoms with Crippen LogP contribution in [-0.2, 0) is 5.41 Å². The van der Waals surface area contributed by atoms with Gasteiger partial charge in [-0.15, -0.1) is 0 Å². The number of rotatable bonds is 4. The number of benzene rings is 2. The van der Waals surface area contributed by atoms with Gasteiger partial charge in [0.15, 0.2) is 0 Å². The summed E-state index contributed by atoms with van der Waals surface area (Å²) in [4.78, 5) is 9.20. The summed E-state index contributed by atoms with van der Waals surface area (Å²) < 4.78 is 0. The maximum Gasteiger partial charge on any atom is 0.0839 e. The van der Waals surface area contributed by atoms with Gasteiger partial charge in [0, 0.05) is 17.3 Å². The van der Waals surface area contributed by atoms with Gasteiger partial charge in [-0.25, -0.2) is 4.99 Å². The van der Waals surface area contributed by atoms with E-state index in [1.165, 1.54) is 0 Å². The lowest BCUT2D eigenvalue weighted by molar-refractivity contribution is 0.897. The Morgan fingerprint density at radius 2 is 1.52 bits per heavy atom. The van der Waals surface area contributed by atoms with Gasteiger partial charge < -0.3 is 0 Å². The predicted molar refractivity (Wildman–Crippen MR) is 98.9 cm³/mol. The molecule has 1 fully saturated rings. The summed E-state index contributed by atoms with van der Waals surface area (Å²) in [7, 11) is 0. The van der Waals surface area contributed by atoms with Gasteiger partial charge in [-0.2, -0.15) is 5.26 Å². The van der Waals surface area contributed by atoms with Crippen molar-refractivity contribution in [3.8, 4) is 6.07 Å². The molecular weight excluding hydrogens is 306 g/mol. The van der Waals surface area contributed by atoms with Crippen LogP contribution in [-0.4, -0.2) is 10.7 Å². The fraction of sp³-hybridized carbons (Fsp3) is 0.136. The smallest absolute Gasteiger partial charge is 0.0839 e. The molecule has 1 saturated carbocycles. The molecule has 2 aromatic carbocycles. The number of nitrogens with zero attached hydrogens (tertiary/aromatic N) is 3. The van der Waals surface area contributed by atoms with Crippen LogP contribution >= 0.6 is 0 Å². The van der Waals surface area contributed by atoms with Gasteiger partial charge in [-0.05, 0) is 24.5 Å². The van der Waals surface area contributed by atoms with E-state index in [0.29, 0.717) is 0 Å². The topological polar surface area (TPSA) is 49.0 Å². The molecule has 1 aromatic heterocycles. The SMILES string of the molecule is N#CC1(c2cncc(N=C(c3ccccc3)c3ccccc3)c2)CC1. The summed E-state index contributed by atoms with van der Waals surface area (Å²) >= 11 is 0. The van der Waals surface area contributed by atoms with E-state index in [9.17, 15) is 5.26 Å². The largest absolute Gasteiger partial charge is 0.262 e. The minimum atomic E-state index is -0.349. The third-order valence-electron chi connectivity index (χ3n) is 4.58. The molecule has 3 nitrogen and oxygen atoms in total. The minimum absolute atomic E-state index is 0.349. The van der Waals surface area contributed by atoms with Crippen molar-refractivity contribution in [2.24, 2.45) is 4.99 Å². The highest BCUT2D eigenvalue weighted by Crippen LogP contribution is 2.47. The average Bonchev–Trinajstić information content (AvgIpc) is 3.49. The summed E-state index contributed by atoms with van der Waals surface area (Å²) in [6.45, 7) is 0. The molecule has 4 rings (SSSR count). The molecule has 1 aliphatic rings. The second kappa shape index (κ2) is 6.33. The highest BCUT2D eigenvalue weighted by Gasteiger charge is 2.45. The zero-order valence-electron chi connectivity index (χ0n) is 13.8. The number of aromatic nitrogens is 1. The molecule has 3 aromatic rings. The maximum atomic E-state index is 9.43. The van der Waals surface area contributed by atoms with E-state index in [1.807, 2.05) is 42.5 Å². The number of nitriles is 1. The Bertz CT molecular complexity index is 908.